The lowest BCUT2D eigenvalue weighted by molar-refractivity contribution is -0.137. The fraction of sp³-hybridized carbons (Fsp3) is 0.400. The molecule has 4 heterocycles. The fourth-order valence-corrected chi connectivity index (χ4v) is 4.54. The second-order valence-electron chi connectivity index (χ2n) is 9.58. The van der Waals surface area contributed by atoms with Crippen molar-refractivity contribution < 1.29 is 22.3 Å². The summed E-state index contributed by atoms with van der Waals surface area (Å²) in [7, 11) is 1.53. The average molecular weight is 529 g/mol. The van der Waals surface area contributed by atoms with Crippen molar-refractivity contribution in [2.75, 3.05) is 24.6 Å². The minimum absolute atomic E-state index is 0.0172. The summed E-state index contributed by atoms with van der Waals surface area (Å²) < 4.78 is 63.8. The highest BCUT2D eigenvalue weighted by atomic mass is 19.4. The summed E-state index contributed by atoms with van der Waals surface area (Å²) in [5.41, 5.74) is -1.00. The van der Waals surface area contributed by atoms with Crippen LogP contribution in [-0.4, -0.2) is 49.0 Å². The molecule has 1 saturated carbocycles. The first-order chi connectivity index (χ1) is 18.1. The van der Waals surface area contributed by atoms with Crippen LogP contribution >= 0.6 is 0 Å². The lowest BCUT2D eigenvalue weighted by atomic mass is 10.1. The zero-order chi connectivity index (χ0) is 26.8. The molecule has 1 saturated heterocycles. The Morgan fingerprint density at radius 2 is 1.89 bits per heavy atom. The molecule has 1 aliphatic carbocycles. The third-order valence-electron chi connectivity index (χ3n) is 6.95. The van der Waals surface area contributed by atoms with Gasteiger partial charge in [0.15, 0.2) is 5.52 Å². The maximum Gasteiger partial charge on any atom is 0.416 e. The molecule has 0 unspecified atom stereocenters. The van der Waals surface area contributed by atoms with Crippen LogP contribution in [-0.2, 0) is 18.0 Å². The van der Waals surface area contributed by atoms with E-state index in [2.05, 4.69) is 20.1 Å². The molecule has 4 aromatic rings. The molecular formula is C25H23F4N7O2. The number of hydrogen-bond acceptors (Lipinski definition) is 7. The highest BCUT2D eigenvalue weighted by Crippen LogP contribution is 2.36. The molecule has 9 nitrogen and oxygen atoms in total. The Morgan fingerprint density at radius 1 is 1.11 bits per heavy atom. The van der Waals surface area contributed by atoms with Crippen molar-refractivity contribution in [2.24, 2.45) is 7.05 Å². The zero-order valence-electron chi connectivity index (χ0n) is 20.5. The van der Waals surface area contributed by atoms with Crippen molar-refractivity contribution in [3.05, 3.63) is 63.7 Å². The molecule has 0 radical (unpaired) electrons. The van der Waals surface area contributed by atoms with Gasteiger partial charge in [-0.05, 0) is 38.0 Å². The molecule has 2 aliphatic rings. The second kappa shape index (κ2) is 8.86. The van der Waals surface area contributed by atoms with Gasteiger partial charge in [0.05, 0.1) is 31.0 Å². The molecule has 0 bridgehead atoms. The largest absolute Gasteiger partial charge is 0.416 e. The van der Waals surface area contributed by atoms with Crippen LogP contribution in [0.2, 0.25) is 0 Å². The van der Waals surface area contributed by atoms with E-state index in [-0.39, 0.29) is 34.3 Å². The van der Waals surface area contributed by atoms with Crippen LogP contribution in [0.4, 0.5) is 23.5 Å². The molecule has 3 aromatic heterocycles. The Hall–Kier alpha value is -3.87. The molecule has 0 spiro atoms. The molecule has 0 N–H and O–H groups in total. The number of nitrogens with zero attached hydrogens (tertiary/aromatic N) is 7. The molecule has 6 rings (SSSR count). The SMILES string of the molecule is Cc1nc2c(-c3ccc(C(F)(F)F)cc3F)nc(N3CCO[C@H](c4cnn(C5CC5)c4)C3)nc2c(=O)n1C. The van der Waals surface area contributed by atoms with Crippen molar-refractivity contribution in [2.45, 2.75) is 38.1 Å². The van der Waals surface area contributed by atoms with Crippen LogP contribution in [0.5, 0.6) is 0 Å². The van der Waals surface area contributed by atoms with Crippen LogP contribution < -0.4 is 10.5 Å². The van der Waals surface area contributed by atoms with Crippen LogP contribution in [0.25, 0.3) is 22.3 Å². The van der Waals surface area contributed by atoms with E-state index in [0.29, 0.717) is 37.6 Å². The summed E-state index contributed by atoms with van der Waals surface area (Å²) in [5, 5.41) is 4.42. The van der Waals surface area contributed by atoms with Crippen molar-refractivity contribution in [3.8, 4) is 11.3 Å². The molecule has 2 fully saturated rings. The highest BCUT2D eigenvalue weighted by molar-refractivity contribution is 5.89. The number of rotatable bonds is 4. The monoisotopic (exact) mass is 529 g/mol. The summed E-state index contributed by atoms with van der Waals surface area (Å²) >= 11 is 0. The lowest BCUT2D eigenvalue weighted by Crippen LogP contribution is -2.39. The Kier molecular flexibility index (Phi) is 5.70. The van der Waals surface area contributed by atoms with Crippen molar-refractivity contribution in [3.63, 3.8) is 0 Å². The zero-order valence-corrected chi connectivity index (χ0v) is 20.5. The lowest BCUT2D eigenvalue weighted by Gasteiger charge is -2.32. The number of anilines is 1. The van der Waals surface area contributed by atoms with Gasteiger partial charge in [0.2, 0.25) is 5.95 Å². The van der Waals surface area contributed by atoms with E-state index in [1.54, 1.807) is 13.1 Å². The minimum atomic E-state index is -4.71. The number of fused-ring (bicyclic) bond motifs is 1. The third-order valence-corrected chi connectivity index (χ3v) is 6.95. The minimum Gasteiger partial charge on any atom is -0.370 e. The van der Waals surface area contributed by atoms with Gasteiger partial charge in [-0.15, -0.1) is 0 Å². The summed E-state index contributed by atoms with van der Waals surface area (Å²) in [6.45, 7) is 2.68. The Bertz CT molecular complexity index is 1610. The number of alkyl halides is 3. The molecule has 1 aromatic carbocycles. The van der Waals surface area contributed by atoms with E-state index >= 15 is 4.39 Å². The predicted octanol–water partition coefficient (Wildman–Crippen LogP) is 3.97. The highest BCUT2D eigenvalue weighted by Gasteiger charge is 2.33. The first-order valence-electron chi connectivity index (χ1n) is 12.1. The summed E-state index contributed by atoms with van der Waals surface area (Å²) in [4.78, 5) is 28.4. The summed E-state index contributed by atoms with van der Waals surface area (Å²) in [6, 6.07) is 2.62. The van der Waals surface area contributed by atoms with Crippen LogP contribution in [0.3, 0.4) is 0 Å². The third kappa shape index (κ3) is 4.30. The number of aromatic nitrogens is 6. The van der Waals surface area contributed by atoms with E-state index < -0.39 is 23.1 Å². The molecule has 1 atom stereocenters. The van der Waals surface area contributed by atoms with Gasteiger partial charge in [0.1, 0.15) is 29.0 Å². The number of aryl methyl sites for hydroxylation is 1. The van der Waals surface area contributed by atoms with Gasteiger partial charge >= 0.3 is 6.18 Å². The van der Waals surface area contributed by atoms with Gasteiger partial charge in [0, 0.05) is 30.9 Å². The molecule has 198 valence electrons. The standard InChI is InChI=1S/C25H23F4N7O2/c1-13-31-21-20(17-6-3-15(9-18(17)26)25(27,28)29)32-24(33-22(21)23(37)34(13)2)35-7-8-38-19(12-35)14-10-30-36(11-14)16-4-5-16/h3,6,9-11,16,19H,4-5,7-8,12H2,1-2H3/t19-/m0/s1. The van der Waals surface area contributed by atoms with E-state index in [4.69, 9.17) is 4.74 Å². The van der Waals surface area contributed by atoms with Gasteiger partial charge in [-0.2, -0.15) is 18.3 Å². The quantitative estimate of drug-likeness (QED) is 0.370. The molecular weight excluding hydrogens is 506 g/mol. The summed E-state index contributed by atoms with van der Waals surface area (Å²) in [6.07, 6.45) is 0.864. The van der Waals surface area contributed by atoms with Crippen LogP contribution in [0, 0.1) is 12.7 Å². The molecule has 1 aliphatic heterocycles. The first kappa shape index (κ1) is 24.5. The average Bonchev–Trinajstić information content (AvgIpc) is 3.63. The summed E-state index contributed by atoms with van der Waals surface area (Å²) in [5.74, 6) is -0.665. The van der Waals surface area contributed by atoms with Crippen LogP contribution in [0.15, 0.2) is 35.4 Å². The van der Waals surface area contributed by atoms with Crippen LogP contribution in [0.1, 0.15) is 41.9 Å². The number of hydrogen-bond donors (Lipinski definition) is 0. The van der Waals surface area contributed by atoms with Gasteiger partial charge in [-0.25, -0.2) is 19.3 Å². The van der Waals surface area contributed by atoms with Gasteiger partial charge < -0.3 is 9.64 Å². The molecule has 38 heavy (non-hydrogen) atoms. The fourth-order valence-electron chi connectivity index (χ4n) is 4.54. The first-order valence-corrected chi connectivity index (χ1v) is 12.1. The number of ether oxygens (including phenoxy) is 1. The van der Waals surface area contributed by atoms with Gasteiger partial charge in [0.25, 0.3) is 5.56 Å². The molecule has 0 amide bonds. The smallest absolute Gasteiger partial charge is 0.370 e. The van der Waals surface area contributed by atoms with Gasteiger partial charge in [-0.1, -0.05) is 0 Å². The normalized spacial score (nSPS) is 18.4. The molecule has 13 heteroatoms. The topological polar surface area (TPSA) is 91.0 Å². The maximum absolute atomic E-state index is 15.1. The number of benzene rings is 1. The van der Waals surface area contributed by atoms with Gasteiger partial charge in [-0.3, -0.25) is 14.0 Å². The van der Waals surface area contributed by atoms with E-state index in [1.165, 1.54) is 11.6 Å². The maximum atomic E-state index is 15.1. The van der Waals surface area contributed by atoms with Crippen molar-refractivity contribution in [1.82, 2.24) is 29.3 Å². The number of morpholine rings is 1. The Morgan fingerprint density at radius 3 is 2.61 bits per heavy atom. The Balaban J connectivity index is 1.45. The van der Waals surface area contributed by atoms with Crippen molar-refractivity contribution >= 4 is 17.0 Å². The predicted molar refractivity (Wildman–Crippen MR) is 129 cm³/mol. The van der Waals surface area contributed by atoms with E-state index in [9.17, 15) is 18.0 Å². The van der Waals surface area contributed by atoms with E-state index in [1.807, 2.05) is 15.8 Å². The Labute approximate surface area is 213 Å². The number of halogens is 4. The van der Waals surface area contributed by atoms with E-state index in [0.717, 1.165) is 30.5 Å². The van der Waals surface area contributed by atoms with Crippen molar-refractivity contribution in [1.29, 1.82) is 0 Å². The second-order valence-corrected chi connectivity index (χ2v) is 9.58.